The van der Waals surface area contributed by atoms with E-state index in [2.05, 4.69) is 17.1 Å². The lowest BCUT2D eigenvalue weighted by Crippen LogP contribution is -2.43. The third-order valence-electron chi connectivity index (χ3n) is 3.63. The maximum atomic E-state index is 5.19. The smallest absolute Gasteiger partial charge is 0.0571 e. The van der Waals surface area contributed by atoms with Gasteiger partial charge in [0.25, 0.3) is 0 Å². The molecule has 0 spiro atoms. The van der Waals surface area contributed by atoms with Crippen molar-refractivity contribution in [2.24, 2.45) is 0 Å². The number of rotatable bonds is 3. The lowest BCUT2D eigenvalue weighted by molar-refractivity contribution is 0.0710. The predicted octanol–water partition coefficient (Wildman–Crippen LogP) is 4.32. The first kappa shape index (κ1) is 23.2. The van der Waals surface area contributed by atoms with E-state index >= 15 is 0 Å². The molecule has 1 aliphatic heterocycles. The fourth-order valence-corrected chi connectivity index (χ4v) is 2.55. The highest BCUT2D eigenvalue weighted by Crippen LogP contribution is 2.18. The fourth-order valence-electron chi connectivity index (χ4n) is 2.55. The second kappa shape index (κ2) is 19.9. The standard InChI is InChI=1S/C7H16N2.C7H14O.2C2H6/c1-2-5-9-6-3-8-4-7-9;1-8-7-5-3-2-4-6-7;2*1-2/h8H,2-7H2,1H3;7H,2-6H2,1H3;2*1-2H3. The van der Waals surface area contributed by atoms with Gasteiger partial charge in [0, 0.05) is 33.3 Å². The second-order valence-electron chi connectivity index (χ2n) is 5.09. The van der Waals surface area contributed by atoms with Crippen molar-refractivity contribution >= 4 is 0 Å². The van der Waals surface area contributed by atoms with E-state index in [0.717, 1.165) is 0 Å². The quantitative estimate of drug-likeness (QED) is 0.840. The minimum atomic E-state index is 0.587. The average Bonchev–Trinajstić information content (AvgIpc) is 2.61. The van der Waals surface area contributed by atoms with Crippen LogP contribution in [0.25, 0.3) is 0 Å². The van der Waals surface area contributed by atoms with Crippen molar-refractivity contribution in [2.75, 3.05) is 39.8 Å². The van der Waals surface area contributed by atoms with Crippen LogP contribution in [0.2, 0.25) is 0 Å². The van der Waals surface area contributed by atoms with Crippen LogP contribution >= 0.6 is 0 Å². The molecule has 2 aliphatic rings. The zero-order chi connectivity index (χ0) is 16.3. The Hall–Kier alpha value is -0.120. The molecule has 3 heteroatoms. The molecule has 2 rings (SSSR count). The Morgan fingerprint density at radius 2 is 1.48 bits per heavy atom. The molecule has 1 N–H and O–H groups in total. The first-order valence-electron chi connectivity index (χ1n) is 9.32. The van der Waals surface area contributed by atoms with Crippen LogP contribution in [0.15, 0.2) is 0 Å². The van der Waals surface area contributed by atoms with Gasteiger partial charge in [0.05, 0.1) is 6.10 Å². The Bertz CT molecular complexity index is 162. The summed E-state index contributed by atoms with van der Waals surface area (Å²) in [5, 5.41) is 3.33. The minimum absolute atomic E-state index is 0.587. The number of methoxy groups -OCH3 is 1. The Morgan fingerprint density at radius 3 is 1.86 bits per heavy atom. The summed E-state index contributed by atoms with van der Waals surface area (Å²) < 4.78 is 5.19. The van der Waals surface area contributed by atoms with Crippen LogP contribution < -0.4 is 5.32 Å². The van der Waals surface area contributed by atoms with Gasteiger partial charge in [-0.05, 0) is 25.8 Å². The van der Waals surface area contributed by atoms with Gasteiger partial charge < -0.3 is 15.0 Å². The van der Waals surface area contributed by atoms with Crippen molar-refractivity contribution in [3.63, 3.8) is 0 Å². The van der Waals surface area contributed by atoms with Gasteiger partial charge in [-0.3, -0.25) is 0 Å². The first-order chi connectivity index (χ1) is 10.4. The normalized spacial score (nSPS) is 19.1. The molecule has 0 unspecified atom stereocenters. The molecule has 1 aliphatic carbocycles. The molecule has 1 saturated heterocycles. The highest BCUT2D eigenvalue weighted by Gasteiger charge is 2.10. The number of piperazine rings is 1. The van der Waals surface area contributed by atoms with Gasteiger partial charge in [-0.2, -0.15) is 0 Å². The molecule has 21 heavy (non-hydrogen) atoms. The largest absolute Gasteiger partial charge is 0.381 e. The fraction of sp³-hybridized carbons (Fsp3) is 1.00. The summed E-state index contributed by atoms with van der Waals surface area (Å²) in [5.41, 5.74) is 0. The highest BCUT2D eigenvalue weighted by atomic mass is 16.5. The molecular formula is C18H42N2O. The average molecular weight is 303 g/mol. The van der Waals surface area contributed by atoms with E-state index in [1.165, 1.54) is 71.2 Å². The van der Waals surface area contributed by atoms with Gasteiger partial charge in [0.15, 0.2) is 0 Å². The molecule has 0 aromatic rings. The SMILES string of the molecule is CC.CC.CCCN1CCNCC1.COC1CCCCC1. The van der Waals surface area contributed by atoms with Gasteiger partial charge in [0.1, 0.15) is 0 Å². The van der Waals surface area contributed by atoms with Crippen LogP contribution in [0.5, 0.6) is 0 Å². The van der Waals surface area contributed by atoms with Crippen molar-refractivity contribution in [2.45, 2.75) is 79.2 Å². The molecule has 0 radical (unpaired) electrons. The van der Waals surface area contributed by atoms with Crippen LogP contribution in [-0.2, 0) is 4.74 Å². The summed E-state index contributed by atoms with van der Waals surface area (Å²) in [4.78, 5) is 2.51. The number of hydrogen-bond donors (Lipinski definition) is 1. The van der Waals surface area contributed by atoms with E-state index in [1.807, 2.05) is 34.8 Å². The third kappa shape index (κ3) is 14.6. The lowest BCUT2D eigenvalue weighted by atomic mass is 9.98. The number of nitrogens with one attached hydrogen (secondary N) is 1. The van der Waals surface area contributed by atoms with E-state index < -0.39 is 0 Å². The Kier molecular flexibility index (Phi) is 21.9. The zero-order valence-corrected chi connectivity index (χ0v) is 15.7. The van der Waals surface area contributed by atoms with E-state index in [9.17, 15) is 0 Å². The van der Waals surface area contributed by atoms with Crippen molar-refractivity contribution in [3.8, 4) is 0 Å². The zero-order valence-electron chi connectivity index (χ0n) is 15.7. The van der Waals surface area contributed by atoms with Gasteiger partial charge in [-0.25, -0.2) is 0 Å². The molecule has 0 bridgehead atoms. The van der Waals surface area contributed by atoms with Gasteiger partial charge in [-0.15, -0.1) is 0 Å². The van der Waals surface area contributed by atoms with Crippen molar-refractivity contribution in [1.29, 1.82) is 0 Å². The summed E-state index contributed by atoms with van der Waals surface area (Å²) >= 11 is 0. The number of hydrogen-bond acceptors (Lipinski definition) is 3. The summed E-state index contributed by atoms with van der Waals surface area (Å²) in [6.07, 6.45) is 8.62. The first-order valence-corrected chi connectivity index (χ1v) is 9.32. The molecular weight excluding hydrogens is 260 g/mol. The van der Waals surface area contributed by atoms with Crippen molar-refractivity contribution in [3.05, 3.63) is 0 Å². The van der Waals surface area contributed by atoms with Crippen LogP contribution in [0.4, 0.5) is 0 Å². The summed E-state index contributed by atoms with van der Waals surface area (Å²) in [6.45, 7) is 16.4. The molecule has 0 aromatic carbocycles. The molecule has 0 atom stereocenters. The van der Waals surface area contributed by atoms with Gasteiger partial charge in [-0.1, -0.05) is 53.9 Å². The van der Waals surface area contributed by atoms with Crippen molar-refractivity contribution in [1.82, 2.24) is 10.2 Å². The summed E-state index contributed by atoms with van der Waals surface area (Å²) in [5.74, 6) is 0. The molecule has 0 aromatic heterocycles. The minimum Gasteiger partial charge on any atom is -0.381 e. The molecule has 1 heterocycles. The van der Waals surface area contributed by atoms with Crippen LogP contribution in [0.1, 0.15) is 73.1 Å². The Labute approximate surface area is 134 Å². The summed E-state index contributed by atoms with van der Waals surface area (Å²) in [7, 11) is 1.82. The molecule has 3 nitrogen and oxygen atoms in total. The lowest BCUT2D eigenvalue weighted by Gasteiger charge is -2.26. The predicted molar refractivity (Wildman–Crippen MR) is 96.2 cm³/mol. The van der Waals surface area contributed by atoms with E-state index in [0.29, 0.717) is 6.10 Å². The van der Waals surface area contributed by atoms with Crippen molar-refractivity contribution < 1.29 is 4.74 Å². The van der Waals surface area contributed by atoms with Gasteiger partial charge in [0.2, 0.25) is 0 Å². The highest BCUT2D eigenvalue weighted by molar-refractivity contribution is 4.66. The second-order valence-corrected chi connectivity index (χ2v) is 5.09. The van der Waals surface area contributed by atoms with Crippen LogP contribution in [0.3, 0.4) is 0 Å². The molecule has 0 amide bonds. The van der Waals surface area contributed by atoms with Gasteiger partial charge >= 0.3 is 0 Å². The number of ether oxygens (including phenoxy) is 1. The maximum absolute atomic E-state index is 5.19. The Morgan fingerprint density at radius 1 is 0.952 bits per heavy atom. The maximum Gasteiger partial charge on any atom is 0.0571 e. The van der Waals surface area contributed by atoms with E-state index in [1.54, 1.807) is 0 Å². The molecule has 1 saturated carbocycles. The third-order valence-corrected chi connectivity index (χ3v) is 3.63. The molecule has 2 fully saturated rings. The van der Waals surface area contributed by atoms with E-state index in [-0.39, 0.29) is 0 Å². The topological polar surface area (TPSA) is 24.5 Å². The molecule has 130 valence electrons. The van der Waals surface area contributed by atoms with Crippen LogP contribution in [-0.4, -0.2) is 50.8 Å². The monoisotopic (exact) mass is 302 g/mol. The number of nitrogens with zero attached hydrogens (tertiary/aromatic N) is 1. The Balaban J connectivity index is 0. The van der Waals surface area contributed by atoms with Crippen LogP contribution in [0, 0.1) is 0 Å². The van der Waals surface area contributed by atoms with E-state index in [4.69, 9.17) is 4.74 Å². The summed E-state index contributed by atoms with van der Waals surface area (Å²) in [6, 6.07) is 0.